The number of anilines is 1. The number of morpholine rings is 1. The maximum atomic E-state index is 13.3. The number of esters is 1. The predicted molar refractivity (Wildman–Crippen MR) is 141 cm³/mol. The fourth-order valence-electron chi connectivity index (χ4n) is 4.64. The van der Waals surface area contributed by atoms with E-state index in [0.29, 0.717) is 12.3 Å². The van der Waals surface area contributed by atoms with Crippen LogP contribution >= 0.6 is 0 Å². The summed E-state index contributed by atoms with van der Waals surface area (Å²) < 4.78 is 22.5. The highest BCUT2D eigenvalue weighted by atomic mass is 16.5. The summed E-state index contributed by atoms with van der Waals surface area (Å²) in [6.45, 7) is 8.53. The third-order valence-corrected chi connectivity index (χ3v) is 6.67. The largest absolute Gasteiger partial charge is 0.492 e. The van der Waals surface area contributed by atoms with E-state index in [-0.39, 0.29) is 24.5 Å². The Labute approximate surface area is 220 Å². The normalized spacial score (nSPS) is 18.1. The first-order chi connectivity index (χ1) is 18.5. The van der Waals surface area contributed by atoms with E-state index in [0.717, 1.165) is 60.8 Å². The van der Waals surface area contributed by atoms with Gasteiger partial charge >= 0.3 is 5.97 Å². The maximum absolute atomic E-state index is 13.3. The Kier molecular flexibility index (Phi) is 7.90. The van der Waals surface area contributed by atoms with Crippen LogP contribution in [0.1, 0.15) is 18.1 Å². The van der Waals surface area contributed by atoms with Gasteiger partial charge in [-0.25, -0.2) is 9.78 Å². The van der Waals surface area contributed by atoms with Crippen molar-refractivity contribution in [1.82, 2.24) is 14.9 Å². The van der Waals surface area contributed by atoms with Crippen LogP contribution in [0.5, 0.6) is 5.75 Å². The van der Waals surface area contributed by atoms with Crippen LogP contribution in [0.4, 0.5) is 5.69 Å². The molecule has 0 spiro atoms. The third kappa shape index (κ3) is 5.66. The van der Waals surface area contributed by atoms with Crippen molar-refractivity contribution in [1.29, 1.82) is 0 Å². The lowest BCUT2D eigenvalue weighted by Gasteiger charge is -2.26. The van der Waals surface area contributed by atoms with Gasteiger partial charge in [0, 0.05) is 49.5 Å². The molecule has 4 heterocycles. The number of aryl methyl sites for hydroxylation is 1. The molecule has 10 heteroatoms. The average Bonchev–Trinajstić information content (AvgIpc) is 3.47. The molecule has 0 saturated carbocycles. The van der Waals surface area contributed by atoms with E-state index in [2.05, 4.69) is 20.2 Å². The molecule has 200 valence electrons. The number of aromatic amines is 1. The molecule has 0 amide bonds. The zero-order valence-corrected chi connectivity index (χ0v) is 21.6. The molecular weight excluding hydrogens is 488 g/mol. The summed E-state index contributed by atoms with van der Waals surface area (Å²) in [6.07, 6.45) is 2.93. The van der Waals surface area contributed by atoms with Crippen molar-refractivity contribution in [2.45, 2.75) is 26.4 Å². The minimum atomic E-state index is -0.862. The van der Waals surface area contributed by atoms with Crippen LogP contribution < -0.4 is 10.1 Å². The standard InChI is InChI=1S/C28H32N4O6/c1-3-36-28(34)24-25(33)23(16-19-17-30-26-21(19)5-4-8-29-26)38-27(24)31-22-7-6-20(15-18(22)2)37-14-11-32-9-12-35-13-10-32/h4-8,15,17,23,31H,3,9-14,16H2,1-2H3,(H,29,30). The number of carbonyl (C=O) groups is 2. The Balaban J connectivity index is 1.28. The summed E-state index contributed by atoms with van der Waals surface area (Å²) in [7, 11) is 0. The number of hydrogen-bond donors (Lipinski definition) is 2. The molecule has 38 heavy (non-hydrogen) atoms. The molecular formula is C28H32N4O6. The van der Waals surface area contributed by atoms with Gasteiger partial charge in [-0.15, -0.1) is 0 Å². The minimum Gasteiger partial charge on any atom is -0.492 e. The molecule has 2 aromatic heterocycles. The highest BCUT2D eigenvalue weighted by Gasteiger charge is 2.40. The summed E-state index contributed by atoms with van der Waals surface area (Å²) in [6, 6.07) is 9.39. The lowest BCUT2D eigenvalue weighted by Crippen LogP contribution is -2.38. The van der Waals surface area contributed by atoms with E-state index in [1.165, 1.54) is 0 Å². The van der Waals surface area contributed by atoms with Crippen molar-refractivity contribution < 1.29 is 28.5 Å². The van der Waals surface area contributed by atoms with Crippen LogP contribution in [0.25, 0.3) is 11.0 Å². The Morgan fingerprint density at radius 1 is 1.26 bits per heavy atom. The number of Topliss-reactive ketones (excluding diaryl/α,β-unsaturated/α-hetero) is 1. The van der Waals surface area contributed by atoms with E-state index in [1.807, 2.05) is 43.5 Å². The number of benzene rings is 1. The van der Waals surface area contributed by atoms with Crippen LogP contribution in [0.15, 0.2) is 54.2 Å². The summed E-state index contributed by atoms with van der Waals surface area (Å²) in [5, 5.41) is 4.05. The Morgan fingerprint density at radius 3 is 2.89 bits per heavy atom. The van der Waals surface area contributed by atoms with Gasteiger partial charge in [0.25, 0.3) is 0 Å². The predicted octanol–water partition coefficient (Wildman–Crippen LogP) is 2.98. The second kappa shape index (κ2) is 11.7. The van der Waals surface area contributed by atoms with Crippen LogP contribution in [0.3, 0.4) is 0 Å². The highest BCUT2D eigenvalue weighted by Crippen LogP contribution is 2.30. The summed E-state index contributed by atoms with van der Waals surface area (Å²) in [5.41, 5.74) is 3.08. The number of rotatable bonds is 10. The number of nitrogens with zero attached hydrogens (tertiary/aromatic N) is 2. The number of pyridine rings is 1. The molecule has 1 aromatic carbocycles. The zero-order valence-electron chi connectivity index (χ0n) is 21.6. The topological polar surface area (TPSA) is 115 Å². The fraction of sp³-hybridized carbons (Fsp3) is 0.393. The van der Waals surface area contributed by atoms with Gasteiger partial charge < -0.3 is 29.2 Å². The second-order valence-corrected chi connectivity index (χ2v) is 9.22. The maximum Gasteiger partial charge on any atom is 0.347 e. The van der Waals surface area contributed by atoms with E-state index in [1.54, 1.807) is 13.1 Å². The lowest BCUT2D eigenvalue weighted by atomic mass is 10.0. The Hall–Kier alpha value is -3.89. The monoisotopic (exact) mass is 520 g/mol. The van der Waals surface area contributed by atoms with Crippen molar-refractivity contribution >= 4 is 28.5 Å². The molecule has 0 radical (unpaired) electrons. The van der Waals surface area contributed by atoms with Gasteiger partial charge in [-0.1, -0.05) is 0 Å². The van der Waals surface area contributed by atoms with Gasteiger partial charge in [-0.05, 0) is 55.3 Å². The average molecular weight is 521 g/mol. The van der Waals surface area contributed by atoms with Crippen LogP contribution in [0.2, 0.25) is 0 Å². The first-order valence-corrected chi connectivity index (χ1v) is 12.9. The summed E-state index contributed by atoms with van der Waals surface area (Å²) in [5.74, 6) is -0.274. The molecule has 0 aliphatic carbocycles. The lowest BCUT2D eigenvalue weighted by molar-refractivity contribution is -0.140. The zero-order chi connectivity index (χ0) is 26.5. The van der Waals surface area contributed by atoms with E-state index in [9.17, 15) is 9.59 Å². The summed E-state index contributed by atoms with van der Waals surface area (Å²) >= 11 is 0. The smallest absolute Gasteiger partial charge is 0.347 e. The molecule has 1 atom stereocenters. The first-order valence-electron chi connectivity index (χ1n) is 12.9. The van der Waals surface area contributed by atoms with Gasteiger partial charge in [-0.3, -0.25) is 9.69 Å². The number of hydrogen-bond acceptors (Lipinski definition) is 9. The summed E-state index contributed by atoms with van der Waals surface area (Å²) in [4.78, 5) is 35.7. The molecule has 1 unspecified atom stereocenters. The number of ketones is 1. The number of carbonyl (C=O) groups excluding carboxylic acids is 2. The number of aromatic nitrogens is 2. The van der Waals surface area contributed by atoms with E-state index < -0.39 is 17.9 Å². The number of nitrogens with one attached hydrogen (secondary N) is 2. The van der Waals surface area contributed by atoms with E-state index in [4.69, 9.17) is 18.9 Å². The van der Waals surface area contributed by atoms with Crippen molar-refractivity contribution in [2.75, 3.05) is 51.4 Å². The molecule has 0 bridgehead atoms. The minimum absolute atomic E-state index is 0.0977. The number of fused-ring (bicyclic) bond motifs is 1. The fourth-order valence-corrected chi connectivity index (χ4v) is 4.64. The van der Waals surface area contributed by atoms with Crippen LogP contribution in [0, 0.1) is 6.92 Å². The number of H-pyrrole nitrogens is 1. The Morgan fingerprint density at radius 2 is 2.11 bits per heavy atom. The molecule has 10 nitrogen and oxygen atoms in total. The second-order valence-electron chi connectivity index (χ2n) is 9.22. The number of ether oxygens (including phenoxy) is 4. The van der Waals surface area contributed by atoms with E-state index >= 15 is 0 Å². The highest BCUT2D eigenvalue weighted by molar-refractivity contribution is 6.21. The molecule has 2 aliphatic heterocycles. The molecule has 2 N–H and O–H groups in total. The van der Waals surface area contributed by atoms with Crippen LogP contribution in [-0.2, 0) is 30.2 Å². The van der Waals surface area contributed by atoms with Crippen molar-refractivity contribution in [3.05, 3.63) is 65.3 Å². The SMILES string of the molecule is CCOC(=O)C1=C(Nc2ccc(OCCN3CCOCC3)cc2C)OC(Cc2c[nH]c3ncccc23)C1=O. The van der Waals surface area contributed by atoms with Crippen molar-refractivity contribution in [3.63, 3.8) is 0 Å². The molecule has 1 saturated heterocycles. The van der Waals surface area contributed by atoms with Gasteiger partial charge in [0.15, 0.2) is 11.7 Å². The molecule has 2 aliphatic rings. The molecule has 1 fully saturated rings. The van der Waals surface area contributed by atoms with Gasteiger partial charge in [0.2, 0.25) is 11.7 Å². The quantitative estimate of drug-likeness (QED) is 0.308. The van der Waals surface area contributed by atoms with Gasteiger partial charge in [0.05, 0.1) is 19.8 Å². The third-order valence-electron chi connectivity index (χ3n) is 6.67. The van der Waals surface area contributed by atoms with Crippen molar-refractivity contribution in [2.24, 2.45) is 0 Å². The Bertz CT molecular complexity index is 1340. The van der Waals surface area contributed by atoms with Crippen LogP contribution in [-0.4, -0.2) is 78.8 Å². The van der Waals surface area contributed by atoms with Gasteiger partial charge in [-0.2, -0.15) is 0 Å². The first kappa shape index (κ1) is 25.7. The van der Waals surface area contributed by atoms with Crippen molar-refractivity contribution in [3.8, 4) is 5.75 Å². The molecule has 5 rings (SSSR count). The van der Waals surface area contributed by atoms with Gasteiger partial charge in [0.1, 0.15) is 18.0 Å². The molecule has 3 aromatic rings.